The maximum Gasteiger partial charge on any atom is 0.257 e. The number of ether oxygens (including phenoxy) is 1. The number of nitrogens with one attached hydrogen (secondary N) is 2. The molecule has 3 aromatic carbocycles. The number of nitrogens with zero attached hydrogens (tertiary/aromatic N) is 2. The van der Waals surface area contributed by atoms with E-state index in [4.69, 9.17) is 16.3 Å². The Labute approximate surface area is 196 Å². The largest absolute Gasteiger partial charge is 0.495 e. The van der Waals surface area contributed by atoms with Crippen molar-refractivity contribution >= 4 is 34.9 Å². The molecule has 2 N–H and O–H groups in total. The topological polar surface area (TPSA) is 85.2 Å². The highest BCUT2D eigenvalue weighted by molar-refractivity contribution is 6.34. The van der Waals surface area contributed by atoms with Crippen LogP contribution in [-0.2, 0) is 7.05 Å². The molecule has 0 atom stereocenters. The molecule has 4 aromatic rings. The lowest BCUT2D eigenvalue weighted by molar-refractivity contribution is 0.101. The maximum atomic E-state index is 12.6. The molecule has 0 fully saturated rings. The Hall–Kier alpha value is -4.10. The third-order valence-corrected chi connectivity index (χ3v) is 5.35. The minimum atomic E-state index is -0.338. The van der Waals surface area contributed by atoms with Crippen LogP contribution < -0.4 is 15.4 Å². The molecule has 0 unspecified atom stereocenters. The summed E-state index contributed by atoms with van der Waals surface area (Å²) in [5.41, 5.74) is 2.83. The van der Waals surface area contributed by atoms with E-state index in [1.165, 1.54) is 7.11 Å². The molecule has 166 valence electrons. The van der Waals surface area contributed by atoms with Gasteiger partial charge in [-0.3, -0.25) is 14.3 Å². The molecule has 8 heteroatoms. The molecular formula is C25H21ClN4O3. The summed E-state index contributed by atoms with van der Waals surface area (Å²) in [5, 5.41) is 10.6. The van der Waals surface area contributed by atoms with Gasteiger partial charge in [-0.25, -0.2) is 0 Å². The number of rotatable bonds is 6. The van der Waals surface area contributed by atoms with Crippen LogP contribution in [0.4, 0.5) is 11.5 Å². The molecule has 4 rings (SSSR count). The van der Waals surface area contributed by atoms with Crippen molar-refractivity contribution in [3.63, 3.8) is 0 Å². The van der Waals surface area contributed by atoms with Gasteiger partial charge in [-0.05, 0) is 36.4 Å². The fraction of sp³-hybridized carbons (Fsp3) is 0.0800. The zero-order valence-electron chi connectivity index (χ0n) is 18.0. The number of hydrogen-bond donors (Lipinski definition) is 2. The molecule has 0 aliphatic heterocycles. The van der Waals surface area contributed by atoms with Gasteiger partial charge in [0.05, 0.1) is 29.1 Å². The number of amides is 2. The monoisotopic (exact) mass is 460 g/mol. The summed E-state index contributed by atoms with van der Waals surface area (Å²) >= 11 is 6.12. The maximum absolute atomic E-state index is 12.6. The summed E-state index contributed by atoms with van der Waals surface area (Å²) in [4.78, 5) is 25.1. The van der Waals surface area contributed by atoms with Crippen molar-refractivity contribution in [1.29, 1.82) is 0 Å². The van der Waals surface area contributed by atoms with Crippen molar-refractivity contribution in [2.24, 2.45) is 7.05 Å². The highest BCUT2D eigenvalue weighted by Crippen LogP contribution is 2.32. The number of aromatic nitrogens is 2. The third-order valence-electron chi connectivity index (χ3n) is 5.02. The molecule has 0 radical (unpaired) electrons. The second kappa shape index (κ2) is 9.58. The van der Waals surface area contributed by atoms with E-state index >= 15 is 0 Å². The number of methoxy groups -OCH3 is 1. The van der Waals surface area contributed by atoms with Crippen LogP contribution in [0, 0.1) is 0 Å². The Kier molecular flexibility index (Phi) is 6.42. The van der Waals surface area contributed by atoms with Crippen LogP contribution in [-0.4, -0.2) is 28.7 Å². The number of carbonyl (C=O) groups is 2. The normalized spacial score (nSPS) is 10.5. The van der Waals surface area contributed by atoms with Gasteiger partial charge in [-0.1, -0.05) is 48.0 Å². The van der Waals surface area contributed by atoms with E-state index in [2.05, 4.69) is 15.7 Å². The van der Waals surface area contributed by atoms with E-state index in [0.717, 1.165) is 5.56 Å². The van der Waals surface area contributed by atoms with Crippen molar-refractivity contribution in [2.75, 3.05) is 17.7 Å². The Morgan fingerprint density at radius 2 is 1.64 bits per heavy atom. The fourth-order valence-corrected chi connectivity index (χ4v) is 3.51. The van der Waals surface area contributed by atoms with Gasteiger partial charge in [0, 0.05) is 24.2 Å². The number of benzene rings is 3. The summed E-state index contributed by atoms with van der Waals surface area (Å²) < 4.78 is 7.07. The highest BCUT2D eigenvalue weighted by Gasteiger charge is 2.16. The smallest absolute Gasteiger partial charge is 0.257 e. The van der Waals surface area contributed by atoms with Gasteiger partial charge in [0.1, 0.15) is 11.6 Å². The lowest BCUT2D eigenvalue weighted by Crippen LogP contribution is -2.14. The molecule has 7 nitrogen and oxygen atoms in total. The van der Waals surface area contributed by atoms with Crippen LogP contribution in [0.15, 0.2) is 78.9 Å². The Morgan fingerprint density at radius 1 is 0.909 bits per heavy atom. The lowest BCUT2D eigenvalue weighted by Gasteiger charge is -2.12. The average Bonchev–Trinajstić information content (AvgIpc) is 3.20. The first-order valence-electron chi connectivity index (χ1n) is 10.1. The van der Waals surface area contributed by atoms with Crippen molar-refractivity contribution < 1.29 is 14.3 Å². The molecule has 0 bridgehead atoms. The zero-order chi connectivity index (χ0) is 23.4. The van der Waals surface area contributed by atoms with E-state index in [9.17, 15) is 9.59 Å². The summed E-state index contributed by atoms with van der Waals surface area (Å²) in [5.74, 6) is 0.457. The first-order chi connectivity index (χ1) is 16.0. The zero-order valence-corrected chi connectivity index (χ0v) is 18.8. The molecule has 0 saturated carbocycles. The second-order valence-electron chi connectivity index (χ2n) is 7.21. The van der Waals surface area contributed by atoms with Crippen molar-refractivity contribution in [3.05, 3.63) is 95.0 Å². The van der Waals surface area contributed by atoms with Crippen LogP contribution in [0.1, 0.15) is 20.7 Å². The summed E-state index contributed by atoms with van der Waals surface area (Å²) in [6.45, 7) is 0. The SMILES string of the molecule is COc1cc(-c2cc(NC(=O)c3ccccc3)n(C)n2)ccc1NC(=O)c1ccccc1Cl. The van der Waals surface area contributed by atoms with Gasteiger partial charge >= 0.3 is 0 Å². The highest BCUT2D eigenvalue weighted by atomic mass is 35.5. The van der Waals surface area contributed by atoms with Gasteiger partial charge in [0.15, 0.2) is 0 Å². The minimum Gasteiger partial charge on any atom is -0.495 e. The average molecular weight is 461 g/mol. The summed E-state index contributed by atoms with van der Waals surface area (Å²) in [7, 11) is 3.27. The minimum absolute atomic E-state index is 0.222. The van der Waals surface area contributed by atoms with E-state index in [0.29, 0.717) is 39.1 Å². The molecule has 33 heavy (non-hydrogen) atoms. The van der Waals surface area contributed by atoms with Crippen molar-refractivity contribution in [2.45, 2.75) is 0 Å². The Balaban J connectivity index is 1.55. The first kappa shape index (κ1) is 22.1. The van der Waals surface area contributed by atoms with Gasteiger partial charge in [0.2, 0.25) is 0 Å². The first-order valence-corrected chi connectivity index (χ1v) is 10.5. The van der Waals surface area contributed by atoms with E-state index in [1.807, 2.05) is 24.3 Å². The van der Waals surface area contributed by atoms with E-state index < -0.39 is 0 Å². The third kappa shape index (κ3) is 4.88. The lowest BCUT2D eigenvalue weighted by atomic mass is 10.1. The molecule has 0 aliphatic rings. The molecule has 0 saturated heterocycles. The number of anilines is 2. The molecule has 1 aromatic heterocycles. The van der Waals surface area contributed by atoms with Crippen molar-refractivity contribution in [1.82, 2.24) is 9.78 Å². The molecule has 2 amide bonds. The number of aryl methyl sites for hydroxylation is 1. The number of hydrogen-bond acceptors (Lipinski definition) is 4. The van der Waals surface area contributed by atoms with E-state index in [1.54, 1.807) is 66.3 Å². The summed E-state index contributed by atoms with van der Waals surface area (Å²) in [6, 6.07) is 22.9. The summed E-state index contributed by atoms with van der Waals surface area (Å²) in [6.07, 6.45) is 0. The second-order valence-corrected chi connectivity index (χ2v) is 7.61. The quantitative estimate of drug-likeness (QED) is 0.411. The van der Waals surface area contributed by atoms with Crippen LogP contribution in [0.25, 0.3) is 11.3 Å². The molecule has 1 heterocycles. The number of halogens is 1. The molecular weight excluding hydrogens is 440 g/mol. The van der Waals surface area contributed by atoms with Crippen molar-refractivity contribution in [3.8, 4) is 17.0 Å². The van der Waals surface area contributed by atoms with Gasteiger partial charge in [-0.2, -0.15) is 5.10 Å². The van der Waals surface area contributed by atoms with Gasteiger partial charge in [-0.15, -0.1) is 0 Å². The van der Waals surface area contributed by atoms with Crippen LogP contribution in [0.2, 0.25) is 5.02 Å². The predicted molar refractivity (Wildman–Crippen MR) is 129 cm³/mol. The predicted octanol–water partition coefficient (Wildman–Crippen LogP) is 5.25. The fourth-order valence-electron chi connectivity index (χ4n) is 3.29. The molecule has 0 aliphatic carbocycles. The number of carbonyl (C=O) groups excluding carboxylic acids is 2. The van der Waals surface area contributed by atoms with E-state index in [-0.39, 0.29) is 11.8 Å². The van der Waals surface area contributed by atoms with Crippen LogP contribution in [0.3, 0.4) is 0 Å². The standard InChI is InChI=1S/C25H21ClN4O3/c1-30-23(28-24(31)16-8-4-3-5-9-16)15-21(29-30)17-12-13-20(22(14-17)33-2)27-25(32)18-10-6-7-11-19(18)26/h3-15H,1-2H3,(H,27,32)(H,28,31). The Morgan fingerprint density at radius 3 is 2.36 bits per heavy atom. The van der Waals surface area contributed by atoms with Crippen LogP contribution >= 0.6 is 11.6 Å². The van der Waals surface area contributed by atoms with Gasteiger partial charge in [0.25, 0.3) is 11.8 Å². The van der Waals surface area contributed by atoms with Crippen LogP contribution in [0.5, 0.6) is 5.75 Å². The molecule has 0 spiro atoms. The Bertz CT molecular complexity index is 1320. The van der Waals surface area contributed by atoms with Gasteiger partial charge < -0.3 is 15.4 Å².